The molecule has 8 nitrogen and oxygen atoms in total. The van der Waals surface area contributed by atoms with Crippen molar-refractivity contribution in [2.75, 3.05) is 33.9 Å². The van der Waals surface area contributed by atoms with E-state index in [1.54, 1.807) is 25.2 Å². The van der Waals surface area contributed by atoms with Gasteiger partial charge in [-0.3, -0.25) is 4.98 Å². The van der Waals surface area contributed by atoms with Gasteiger partial charge in [0.2, 0.25) is 0 Å². The summed E-state index contributed by atoms with van der Waals surface area (Å²) in [5.74, 6) is -2.32. The molecule has 2 aliphatic rings. The fourth-order valence-electron chi connectivity index (χ4n) is 3.51. The second-order valence-corrected chi connectivity index (χ2v) is 7.36. The molecule has 1 saturated carbocycles. The van der Waals surface area contributed by atoms with E-state index in [2.05, 4.69) is 4.98 Å². The highest BCUT2D eigenvalue weighted by molar-refractivity contribution is 5.74. The Morgan fingerprint density at radius 1 is 1.37 bits per heavy atom. The molecule has 0 bridgehead atoms. The van der Waals surface area contributed by atoms with Gasteiger partial charge in [-0.1, -0.05) is 6.07 Å². The van der Waals surface area contributed by atoms with Crippen molar-refractivity contribution in [2.24, 2.45) is 5.92 Å². The Balaban J connectivity index is 0.000000396. The molecule has 2 heterocycles. The molecule has 1 aromatic rings. The Labute approximate surface area is 172 Å². The number of carbonyl (C=O) groups excluding carboxylic acids is 1. The maximum atomic E-state index is 12.3. The predicted octanol–water partition coefficient (Wildman–Crippen LogP) is 2.39. The maximum Gasteiger partial charge on any atom is 0.490 e. The quantitative estimate of drug-likeness (QED) is 0.784. The minimum atomic E-state index is -5.08. The van der Waals surface area contributed by atoms with Crippen molar-refractivity contribution in [3.63, 3.8) is 0 Å². The van der Waals surface area contributed by atoms with Gasteiger partial charge in [-0.05, 0) is 30.4 Å². The Morgan fingerprint density at radius 3 is 2.63 bits per heavy atom. The first-order valence-electron chi connectivity index (χ1n) is 9.46. The molecule has 1 aliphatic heterocycles. The summed E-state index contributed by atoms with van der Waals surface area (Å²) in [5, 5.41) is 7.12. The van der Waals surface area contributed by atoms with E-state index in [1.165, 1.54) is 0 Å². The van der Waals surface area contributed by atoms with Gasteiger partial charge in [-0.25, -0.2) is 9.59 Å². The highest BCUT2D eigenvalue weighted by Gasteiger charge is 2.43. The first kappa shape index (κ1) is 23.9. The van der Waals surface area contributed by atoms with Crippen LogP contribution in [0.1, 0.15) is 18.4 Å². The molecule has 0 spiro atoms. The molecule has 1 aromatic heterocycles. The Bertz CT molecular complexity index is 702. The number of ether oxygens (including phenoxy) is 2. The van der Waals surface area contributed by atoms with Crippen LogP contribution in [0.4, 0.5) is 18.0 Å². The van der Waals surface area contributed by atoms with Crippen molar-refractivity contribution in [3.05, 3.63) is 30.1 Å². The fourth-order valence-corrected chi connectivity index (χ4v) is 3.51. The maximum absolute atomic E-state index is 12.3. The number of hydrogen-bond acceptors (Lipinski definition) is 5. The predicted molar refractivity (Wildman–Crippen MR) is 99.6 cm³/mol. The van der Waals surface area contributed by atoms with Crippen LogP contribution in [0.2, 0.25) is 0 Å². The van der Waals surface area contributed by atoms with Crippen molar-refractivity contribution in [1.29, 1.82) is 0 Å². The van der Waals surface area contributed by atoms with E-state index < -0.39 is 12.1 Å². The number of aliphatic carboxylic acids is 1. The molecule has 1 saturated heterocycles. The molecule has 168 valence electrons. The van der Waals surface area contributed by atoms with Crippen LogP contribution in [0.3, 0.4) is 0 Å². The molecule has 1 unspecified atom stereocenters. The van der Waals surface area contributed by atoms with Crippen LogP contribution < -0.4 is 0 Å². The number of alkyl halides is 3. The lowest BCUT2D eigenvalue weighted by molar-refractivity contribution is -0.192. The lowest BCUT2D eigenvalue weighted by atomic mass is 10.1. The van der Waals surface area contributed by atoms with Gasteiger partial charge >= 0.3 is 18.2 Å². The van der Waals surface area contributed by atoms with Crippen molar-refractivity contribution in [2.45, 2.75) is 37.8 Å². The summed E-state index contributed by atoms with van der Waals surface area (Å²) in [6, 6.07) is 4.20. The van der Waals surface area contributed by atoms with Crippen LogP contribution in [0, 0.1) is 5.92 Å². The number of carboxylic acids is 1. The third-order valence-corrected chi connectivity index (χ3v) is 4.85. The number of morpholine rings is 1. The van der Waals surface area contributed by atoms with E-state index in [1.807, 2.05) is 23.2 Å². The van der Waals surface area contributed by atoms with Gasteiger partial charge in [0.1, 0.15) is 0 Å². The normalized spacial score (nSPS) is 23.2. The van der Waals surface area contributed by atoms with Gasteiger partial charge in [0, 0.05) is 33.0 Å². The molecule has 30 heavy (non-hydrogen) atoms. The van der Waals surface area contributed by atoms with Gasteiger partial charge in [0.25, 0.3) is 0 Å². The third kappa shape index (κ3) is 6.84. The highest BCUT2D eigenvalue weighted by Crippen LogP contribution is 2.34. The number of amides is 2. The zero-order chi connectivity index (χ0) is 22.3. The van der Waals surface area contributed by atoms with Crippen LogP contribution in [-0.2, 0) is 20.9 Å². The number of aromatic nitrogens is 1. The number of pyridine rings is 1. The summed E-state index contributed by atoms with van der Waals surface area (Å²) in [7, 11) is 3.60. The first-order chi connectivity index (χ1) is 14.1. The number of nitrogens with zero attached hydrogens (tertiary/aromatic N) is 3. The molecule has 11 heteroatoms. The van der Waals surface area contributed by atoms with Gasteiger partial charge < -0.3 is 24.4 Å². The Morgan fingerprint density at radius 2 is 2.07 bits per heavy atom. The number of carbonyl (C=O) groups is 2. The summed E-state index contributed by atoms with van der Waals surface area (Å²) in [5.41, 5.74) is 1.09. The van der Waals surface area contributed by atoms with Crippen molar-refractivity contribution in [1.82, 2.24) is 14.8 Å². The number of carboxylic acid groups (broad SMARTS) is 1. The molecular formula is C19H26F3N3O5. The van der Waals surface area contributed by atoms with Crippen LogP contribution in [-0.4, -0.2) is 84.1 Å². The van der Waals surface area contributed by atoms with Crippen molar-refractivity contribution in [3.8, 4) is 0 Å². The van der Waals surface area contributed by atoms with Crippen LogP contribution in [0.15, 0.2) is 24.5 Å². The van der Waals surface area contributed by atoms with Crippen LogP contribution in [0.25, 0.3) is 0 Å². The van der Waals surface area contributed by atoms with E-state index in [0.717, 1.165) is 18.4 Å². The smallest absolute Gasteiger partial charge is 0.475 e. The molecule has 0 radical (unpaired) electrons. The number of hydrogen-bond donors (Lipinski definition) is 1. The molecule has 1 N–H and O–H groups in total. The third-order valence-electron chi connectivity index (χ3n) is 4.85. The largest absolute Gasteiger partial charge is 0.490 e. The van der Waals surface area contributed by atoms with Crippen LogP contribution >= 0.6 is 0 Å². The van der Waals surface area contributed by atoms with E-state index in [0.29, 0.717) is 32.3 Å². The monoisotopic (exact) mass is 433 g/mol. The molecular weight excluding hydrogens is 407 g/mol. The fraction of sp³-hybridized carbons (Fsp3) is 0.632. The van der Waals surface area contributed by atoms with Crippen molar-refractivity contribution < 1.29 is 37.3 Å². The summed E-state index contributed by atoms with van der Waals surface area (Å²) >= 11 is 0. The molecule has 3 rings (SSSR count). The Kier molecular flexibility index (Phi) is 8.42. The van der Waals surface area contributed by atoms with E-state index in [9.17, 15) is 18.0 Å². The SMILES string of the molecule is CN(C)C(=O)N1CCO[C@@H]2CC(COCc3cccnc3)C[C@H]21.O=C(O)C(F)(F)F. The molecule has 0 aromatic carbocycles. The van der Waals surface area contributed by atoms with E-state index in [-0.39, 0.29) is 18.2 Å². The molecule has 2 fully saturated rings. The van der Waals surface area contributed by atoms with E-state index in [4.69, 9.17) is 19.4 Å². The highest BCUT2D eigenvalue weighted by atomic mass is 19.4. The van der Waals surface area contributed by atoms with Gasteiger partial charge in [-0.15, -0.1) is 0 Å². The van der Waals surface area contributed by atoms with Crippen molar-refractivity contribution >= 4 is 12.0 Å². The summed E-state index contributed by atoms with van der Waals surface area (Å²) < 4.78 is 43.5. The van der Waals surface area contributed by atoms with Crippen LogP contribution in [0.5, 0.6) is 0 Å². The van der Waals surface area contributed by atoms with Gasteiger partial charge in [-0.2, -0.15) is 13.2 Å². The zero-order valence-electron chi connectivity index (χ0n) is 16.8. The summed E-state index contributed by atoms with van der Waals surface area (Å²) in [4.78, 5) is 28.9. The lowest BCUT2D eigenvalue weighted by Gasteiger charge is -2.38. The lowest BCUT2D eigenvalue weighted by Crippen LogP contribution is -2.54. The van der Waals surface area contributed by atoms with Gasteiger partial charge in [0.05, 0.1) is 32.0 Å². The minimum Gasteiger partial charge on any atom is -0.475 e. The van der Waals surface area contributed by atoms with E-state index >= 15 is 0 Å². The molecule has 3 atom stereocenters. The average molecular weight is 433 g/mol. The molecule has 1 aliphatic carbocycles. The topological polar surface area (TPSA) is 92.2 Å². The standard InChI is InChI=1S/C17H25N3O3.C2HF3O2/c1-19(2)17(21)20-6-7-23-16-9-14(8-15(16)20)12-22-11-13-4-3-5-18-10-13;3-2(4,5)1(6)7/h3-5,10,14-16H,6-9,11-12H2,1-2H3;(H,6,7)/t14?,15-,16-;/m1./s1. The zero-order valence-corrected chi connectivity index (χ0v) is 16.8. The second kappa shape index (κ2) is 10.6. The number of fused-ring (bicyclic) bond motifs is 1. The molecule has 2 amide bonds. The van der Waals surface area contributed by atoms with Gasteiger partial charge in [0.15, 0.2) is 0 Å². The number of rotatable bonds is 4. The Hall–Kier alpha value is -2.40. The summed E-state index contributed by atoms with van der Waals surface area (Å²) in [6.45, 7) is 2.60. The minimum absolute atomic E-state index is 0.0835. The second-order valence-electron chi connectivity index (χ2n) is 7.36. The summed E-state index contributed by atoms with van der Waals surface area (Å²) in [6.07, 6.45) is 0.583. The number of urea groups is 1. The average Bonchev–Trinajstić information content (AvgIpc) is 3.11. The first-order valence-corrected chi connectivity index (χ1v) is 9.46. The number of halogens is 3.